The van der Waals surface area contributed by atoms with Crippen molar-refractivity contribution in [3.8, 4) is 12.1 Å². The highest BCUT2D eigenvalue weighted by atomic mass is 14.9. The van der Waals surface area contributed by atoms with Crippen LogP contribution >= 0.6 is 0 Å². The van der Waals surface area contributed by atoms with Crippen molar-refractivity contribution in [1.82, 2.24) is 0 Å². The summed E-state index contributed by atoms with van der Waals surface area (Å²) in [6, 6.07) is 12.2. The van der Waals surface area contributed by atoms with Gasteiger partial charge in [-0.05, 0) is 38.0 Å². The second-order valence-electron chi connectivity index (χ2n) is 4.70. The van der Waals surface area contributed by atoms with Crippen LogP contribution in [0.1, 0.15) is 25.8 Å². The van der Waals surface area contributed by atoms with E-state index in [9.17, 15) is 0 Å². The van der Waals surface area contributed by atoms with Crippen LogP contribution < -0.4 is 5.32 Å². The molecule has 0 aliphatic rings. The molecule has 3 nitrogen and oxygen atoms in total. The minimum atomic E-state index is -0.284. The van der Waals surface area contributed by atoms with Crippen molar-refractivity contribution >= 4 is 5.69 Å². The molecular weight excluding hydrogens is 210 g/mol. The van der Waals surface area contributed by atoms with Crippen molar-refractivity contribution in [2.24, 2.45) is 5.41 Å². The van der Waals surface area contributed by atoms with Crippen LogP contribution in [0.4, 0.5) is 5.69 Å². The number of nitrogens with zero attached hydrogens (tertiary/aromatic N) is 2. The largest absolute Gasteiger partial charge is 0.385 e. The molecule has 0 saturated heterocycles. The van der Waals surface area contributed by atoms with Crippen LogP contribution in [0.5, 0.6) is 0 Å². The van der Waals surface area contributed by atoms with E-state index in [0.29, 0.717) is 6.42 Å². The Balaban J connectivity index is 2.43. The predicted octanol–water partition coefficient (Wildman–Crippen LogP) is 3.10. The van der Waals surface area contributed by atoms with Crippen molar-refractivity contribution in [2.75, 3.05) is 11.9 Å². The van der Waals surface area contributed by atoms with Gasteiger partial charge >= 0.3 is 0 Å². The average molecular weight is 227 g/mol. The number of anilines is 1. The molecule has 0 aliphatic heterocycles. The van der Waals surface area contributed by atoms with Gasteiger partial charge in [0.1, 0.15) is 0 Å². The average Bonchev–Trinajstić information content (AvgIpc) is 2.32. The van der Waals surface area contributed by atoms with Crippen LogP contribution in [-0.2, 0) is 6.42 Å². The normalized spacial score (nSPS) is 10.4. The maximum absolute atomic E-state index is 8.88. The second kappa shape index (κ2) is 5.92. The summed E-state index contributed by atoms with van der Waals surface area (Å²) in [4.78, 5) is 0. The molecule has 0 aromatic heterocycles. The number of nitriles is 2. The van der Waals surface area contributed by atoms with E-state index in [1.165, 1.54) is 0 Å². The van der Waals surface area contributed by atoms with Gasteiger partial charge in [-0.2, -0.15) is 10.5 Å². The van der Waals surface area contributed by atoms with Crippen LogP contribution in [-0.4, -0.2) is 6.54 Å². The van der Waals surface area contributed by atoms with Gasteiger partial charge in [0, 0.05) is 12.2 Å². The highest BCUT2D eigenvalue weighted by Crippen LogP contribution is 2.18. The molecule has 0 amide bonds. The summed E-state index contributed by atoms with van der Waals surface area (Å²) in [5.74, 6) is 0. The van der Waals surface area contributed by atoms with Gasteiger partial charge < -0.3 is 5.32 Å². The topological polar surface area (TPSA) is 59.6 Å². The number of hydrogen-bond acceptors (Lipinski definition) is 3. The van der Waals surface area contributed by atoms with Crippen molar-refractivity contribution in [2.45, 2.75) is 26.7 Å². The van der Waals surface area contributed by atoms with Gasteiger partial charge in [0.05, 0.1) is 24.0 Å². The molecule has 0 radical (unpaired) electrons. The van der Waals surface area contributed by atoms with Crippen molar-refractivity contribution in [1.29, 1.82) is 10.5 Å². The molecule has 0 fully saturated rings. The van der Waals surface area contributed by atoms with Crippen LogP contribution in [0.25, 0.3) is 0 Å². The zero-order valence-electron chi connectivity index (χ0n) is 10.3. The Morgan fingerprint density at radius 2 is 1.82 bits per heavy atom. The van der Waals surface area contributed by atoms with Gasteiger partial charge in [0.2, 0.25) is 0 Å². The van der Waals surface area contributed by atoms with E-state index in [0.717, 1.165) is 24.2 Å². The smallest absolute Gasteiger partial charge is 0.0684 e. The molecule has 0 unspecified atom stereocenters. The van der Waals surface area contributed by atoms with Crippen LogP contribution in [0.3, 0.4) is 0 Å². The fraction of sp³-hybridized carbons (Fsp3) is 0.429. The number of benzene rings is 1. The Bertz CT molecular complexity index is 432. The molecule has 0 spiro atoms. The molecule has 0 aliphatic carbocycles. The molecule has 1 rings (SSSR count). The quantitative estimate of drug-likeness (QED) is 0.840. The first-order chi connectivity index (χ1) is 8.07. The molecule has 1 N–H and O–H groups in total. The first-order valence-electron chi connectivity index (χ1n) is 5.68. The van der Waals surface area contributed by atoms with Gasteiger partial charge in [-0.25, -0.2) is 0 Å². The highest BCUT2D eigenvalue weighted by Gasteiger charge is 2.15. The third-order valence-corrected chi connectivity index (χ3v) is 2.62. The molecule has 1 aromatic rings. The minimum Gasteiger partial charge on any atom is -0.385 e. The third-order valence-electron chi connectivity index (χ3n) is 2.62. The van der Waals surface area contributed by atoms with E-state index < -0.39 is 0 Å². The maximum Gasteiger partial charge on any atom is 0.0684 e. The molecule has 0 bridgehead atoms. The number of rotatable bonds is 5. The monoisotopic (exact) mass is 227 g/mol. The lowest BCUT2D eigenvalue weighted by Gasteiger charge is -2.15. The van der Waals surface area contributed by atoms with Gasteiger partial charge in [-0.3, -0.25) is 0 Å². The van der Waals surface area contributed by atoms with Gasteiger partial charge in [0.15, 0.2) is 0 Å². The molecule has 3 heteroatoms. The molecule has 88 valence electrons. The summed E-state index contributed by atoms with van der Waals surface area (Å²) in [5.41, 5.74) is 1.77. The van der Waals surface area contributed by atoms with Crippen LogP contribution in [0, 0.1) is 28.1 Å². The first kappa shape index (κ1) is 13.1. The van der Waals surface area contributed by atoms with Crippen LogP contribution in [0.2, 0.25) is 0 Å². The van der Waals surface area contributed by atoms with Crippen LogP contribution in [0.15, 0.2) is 24.3 Å². The summed E-state index contributed by atoms with van der Waals surface area (Å²) in [7, 11) is 0. The fourth-order valence-electron chi connectivity index (χ4n) is 1.41. The fourth-order valence-corrected chi connectivity index (χ4v) is 1.41. The molecule has 17 heavy (non-hydrogen) atoms. The Morgan fingerprint density at radius 3 is 2.35 bits per heavy atom. The lowest BCUT2D eigenvalue weighted by atomic mass is 9.91. The SMILES string of the molecule is CC(C)(C#N)CCNc1ccc(CC#N)cc1. The Hall–Kier alpha value is -2.00. The van der Waals surface area contributed by atoms with E-state index >= 15 is 0 Å². The predicted molar refractivity (Wildman–Crippen MR) is 68.3 cm³/mol. The van der Waals surface area contributed by atoms with E-state index in [4.69, 9.17) is 10.5 Å². The maximum atomic E-state index is 8.88. The lowest BCUT2D eigenvalue weighted by Crippen LogP contribution is -2.14. The Kier molecular flexibility index (Phi) is 4.55. The highest BCUT2D eigenvalue weighted by molar-refractivity contribution is 5.44. The van der Waals surface area contributed by atoms with E-state index in [1.807, 2.05) is 38.1 Å². The Labute approximate surface area is 103 Å². The zero-order valence-corrected chi connectivity index (χ0v) is 10.3. The summed E-state index contributed by atoms with van der Waals surface area (Å²) < 4.78 is 0. The summed E-state index contributed by atoms with van der Waals surface area (Å²) in [6.45, 7) is 4.65. The van der Waals surface area contributed by atoms with Gasteiger partial charge in [-0.15, -0.1) is 0 Å². The van der Waals surface area contributed by atoms with E-state index in [2.05, 4.69) is 17.5 Å². The second-order valence-corrected chi connectivity index (χ2v) is 4.70. The van der Waals surface area contributed by atoms with Gasteiger partial charge in [0.25, 0.3) is 0 Å². The number of hydrogen-bond donors (Lipinski definition) is 1. The van der Waals surface area contributed by atoms with Gasteiger partial charge in [-0.1, -0.05) is 12.1 Å². The molecule has 0 saturated carbocycles. The first-order valence-corrected chi connectivity index (χ1v) is 5.68. The summed E-state index contributed by atoms with van der Waals surface area (Å²) >= 11 is 0. The van der Waals surface area contributed by atoms with Crippen molar-refractivity contribution in [3.05, 3.63) is 29.8 Å². The van der Waals surface area contributed by atoms with E-state index in [1.54, 1.807) is 0 Å². The minimum absolute atomic E-state index is 0.284. The summed E-state index contributed by atoms with van der Waals surface area (Å²) in [6.07, 6.45) is 1.26. The van der Waals surface area contributed by atoms with E-state index in [-0.39, 0.29) is 5.41 Å². The third kappa shape index (κ3) is 4.57. The van der Waals surface area contributed by atoms with Crippen molar-refractivity contribution in [3.63, 3.8) is 0 Å². The molecule has 1 aromatic carbocycles. The zero-order chi connectivity index (χ0) is 12.7. The molecule has 0 atom stereocenters. The molecule has 0 heterocycles. The number of nitrogens with one attached hydrogen (secondary N) is 1. The standard InChI is InChI=1S/C14H17N3/c1-14(2,11-16)8-10-17-13-5-3-12(4-6-13)7-9-15/h3-6,17H,7-8,10H2,1-2H3. The van der Waals surface area contributed by atoms with Crippen molar-refractivity contribution < 1.29 is 0 Å². The Morgan fingerprint density at radius 1 is 1.18 bits per heavy atom. The molecular formula is C14H17N3. The lowest BCUT2D eigenvalue weighted by molar-refractivity contribution is 0.466. The summed E-state index contributed by atoms with van der Waals surface area (Å²) in [5, 5.41) is 20.7.